The number of amides is 1. The highest BCUT2D eigenvalue weighted by molar-refractivity contribution is 5.99. The first-order valence-corrected chi connectivity index (χ1v) is 7.69. The molecule has 23 heavy (non-hydrogen) atoms. The third kappa shape index (κ3) is 3.51. The molecule has 2 aromatic carbocycles. The lowest BCUT2D eigenvalue weighted by Gasteiger charge is -2.36. The number of carboxylic acid groups (broad SMARTS) is 1. The molecule has 3 rings (SSSR count). The lowest BCUT2D eigenvalue weighted by molar-refractivity contribution is -0.139. The van der Waals surface area contributed by atoms with E-state index in [1.807, 2.05) is 36.4 Å². The number of carbonyl (C=O) groups excluding carboxylic acids is 1. The first kappa shape index (κ1) is 15.5. The third-order valence-electron chi connectivity index (χ3n) is 4.33. The van der Waals surface area contributed by atoms with E-state index in [0.29, 0.717) is 31.6 Å². The van der Waals surface area contributed by atoms with Crippen LogP contribution in [0.15, 0.2) is 42.5 Å². The standard InChI is InChI=1S/C18H19NO4/c20-16(21)12-18(7-9-23-10-8-18)19-17(22)15-6-5-13-3-1-2-4-14(13)11-15/h1-6,11H,7-10,12H2,(H,19,22)(H,20,21). The Morgan fingerprint density at radius 1 is 1.09 bits per heavy atom. The third-order valence-corrected chi connectivity index (χ3v) is 4.33. The second-order valence-corrected chi connectivity index (χ2v) is 5.98. The van der Waals surface area contributed by atoms with Crippen molar-refractivity contribution in [1.82, 2.24) is 5.32 Å². The van der Waals surface area contributed by atoms with Gasteiger partial charge in [-0.05, 0) is 35.7 Å². The highest BCUT2D eigenvalue weighted by Gasteiger charge is 2.36. The lowest BCUT2D eigenvalue weighted by atomic mass is 9.86. The molecule has 1 saturated heterocycles. The van der Waals surface area contributed by atoms with E-state index < -0.39 is 11.5 Å². The molecule has 0 saturated carbocycles. The van der Waals surface area contributed by atoms with Gasteiger partial charge in [0, 0.05) is 18.8 Å². The minimum atomic E-state index is -0.911. The molecule has 0 radical (unpaired) electrons. The number of hydrogen-bond donors (Lipinski definition) is 2. The van der Waals surface area contributed by atoms with Gasteiger partial charge in [-0.15, -0.1) is 0 Å². The van der Waals surface area contributed by atoms with Gasteiger partial charge in [0.2, 0.25) is 0 Å². The fourth-order valence-corrected chi connectivity index (χ4v) is 3.04. The van der Waals surface area contributed by atoms with Crippen LogP contribution in [0.5, 0.6) is 0 Å². The molecule has 0 aromatic heterocycles. The zero-order chi connectivity index (χ0) is 16.3. The molecular weight excluding hydrogens is 294 g/mol. The molecule has 1 amide bonds. The first-order valence-electron chi connectivity index (χ1n) is 7.69. The van der Waals surface area contributed by atoms with Crippen LogP contribution in [0.1, 0.15) is 29.6 Å². The van der Waals surface area contributed by atoms with E-state index in [2.05, 4.69) is 5.32 Å². The number of rotatable bonds is 4. The lowest BCUT2D eigenvalue weighted by Crippen LogP contribution is -2.53. The molecule has 0 bridgehead atoms. The molecule has 1 fully saturated rings. The molecule has 1 heterocycles. The van der Waals surface area contributed by atoms with E-state index in [1.54, 1.807) is 6.07 Å². The summed E-state index contributed by atoms with van der Waals surface area (Å²) in [5.41, 5.74) is -0.188. The molecule has 2 N–H and O–H groups in total. The molecule has 0 atom stereocenters. The van der Waals surface area contributed by atoms with Gasteiger partial charge >= 0.3 is 5.97 Å². The average molecular weight is 313 g/mol. The Labute approximate surface area is 134 Å². The summed E-state index contributed by atoms with van der Waals surface area (Å²) in [5, 5.41) is 14.2. The summed E-state index contributed by atoms with van der Waals surface area (Å²) in [6.45, 7) is 0.927. The van der Waals surface area contributed by atoms with Crippen molar-refractivity contribution in [2.24, 2.45) is 0 Å². The second-order valence-electron chi connectivity index (χ2n) is 5.98. The number of hydrogen-bond acceptors (Lipinski definition) is 3. The predicted molar refractivity (Wildman–Crippen MR) is 86.5 cm³/mol. The Hall–Kier alpha value is -2.40. The predicted octanol–water partition coefficient (Wildman–Crippen LogP) is 2.59. The number of aliphatic carboxylic acids is 1. The summed E-state index contributed by atoms with van der Waals surface area (Å²) in [4.78, 5) is 23.8. The highest BCUT2D eigenvalue weighted by atomic mass is 16.5. The second kappa shape index (κ2) is 6.38. The topological polar surface area (TPSA) is 75.6 Å². The quantitative estimate of drug-likeness (QED) is 0.909. The average Bonchev–Trinajstić information content (AvgIpc) is 2.54. The van der Waals surface area contributed by atoms with Gasteiger partial charge in [0.1, 0.15) is 0 Å². The Bertz CT molecular complexity index is 735. The number of nitrogens with one attached hydrogen (secondary N) is 1. The van der Waals surface area contributed by atoms with Crippen LogP contribution in [-0.4, -0.2) is 35.7 Å². The molecule has 0 aliphatic carbocycles. The maximum atomic E-state index is 12.6. The van der Waals surface area contributed by atoms with Crippen molar-refractivity contribution in [3.63, 3.8) is 0 Å². The minimum absolute atomic E-state index is 0.0876. The van der Waals surface area contributed by atoms with E-state index in [0.717, 1.165) is 10.8 Å². The van der Waals surface area contributed by atoms with Crippen molar-refractivity contribution in [3.8, 4) is 0 Å². The minimum Gasteiger partial charge on any atom is -0.481 e. The molecule has 1 aliphatic heterocycles. The number of fused-ring (bicyclic) bond motifs is 1. The van der Waals surface area contributed by atoms with Crippen molar-refractivity contribution in [1.29, 1.82) is 0 Å². The van der Waals surface area contributed by atoms with Crippen molar-refractivity contribution >= 4 is 22.6 Å². The number of carboxylic acids is 1. The molecule has 5 heteroatoms. The van der Waals surface area contributed by atoms with E-state index in [-0.39, 0.29) is 12.3 Å². The molecular formula is C18H19NO4. The van der Waals surface area contributed by atoms with Gasteiger partial charge in [0.15, 0.2) is 0 Å². The monoisotopic (exact) mass is 313 g/mol. The Morgan fingerprint density at radius 2 is 1.78 bits per heavy atom. The van der Waals surface area contributed by atoms with Crippen LogP contribution >= 0.6 is 0 Å². The van der Waals surface area contributed by atoms with E-state index in [4.69, 9.17) is 9.84 Å². The van der Waals surface area contributed by atoms with Gasteiger partial charge in [-0.3, -0.25) is 9.59 Å². The van der Waals surface area contributed by atoms with Crippen LogP contribution < -0.4 is 5.32 Å². The fraction of sp³-hybridized carbons (Fsp3) is 0.333. The summed E-state index contributed by atoms with van der Waals surface area (Å²) in [6, 6.07) is 13.3. The molecule has 120 valence electrons. The number of carbonyl (C=O) groups is 2. The Kier molecular flexibility index (Phi) is 4.30. The molecule has 2 aromatic rings. The molecule has 5 nitrogen and oxygen atoms in total. The van der Waals surface area contributed by atoms with E-state index >= 15 is 0 Å². The molecule has 0 unspecified atom stereocenters. The maximum absolute atomic E-state index is 12.6. The van der Waals surface area contributed by atoms with Crippen molar-refractivity contribution in [3.05, 3.63) is 48.0 Å². The van der Waals surface area contributed by atoms with Crippen LogP contribution in [0.2, 0.25) is 0 Å². The number of benzene rings is 2. The van der Waals surface area contributed by atoms with Gasteiger partial charge < -0.3 is 15.2 Å². The van der Waals surface area contributed by atoms with Crippen LogP contribution in [0.4, 0.5) is 0 Å². The molecule has 0 spiro atoms. The normalized spacial score (nSPS) is 16.9. The van der Waals surface area contributed by atoms with Crippen molar-refractivity contribution in [2.75, 3.05) is 13.2 Å². The van der Waals surface area contributed by atoms with Crippen molar-refractivity contribution in [2.45, 2.75) is 24.8 Å². The zero-order valence-electron chi connectivity index (χ0n) is 12.7. The summed E-state index contributed by atoms with van der Waals surface area (Å²) in [7, 11) is 0. The summed E-state index contributed by atoms with van der Waals surface area (Å²) < 4.78 is 5.31. The Morgan fingerprint density at radius 3 is 2.48 bits per heavy atom. The summed E-state index contributed by atoms with van der Waals surface area (Å²) in [5.74, 6) is -1.15. The largest absolute Gasteiger partial charge is 0.481 e. The number of ether oxygens (including phenoxy) is 1. The van der Waals surface area contributed by atoms with Crippen LogP contribution in [-0.2, 0) is 9.53 Å². The highest BCUT2D eigenvalue weighted by Crippen LogP contribution is 2.25. The van der Waals surface area contributed by atoms with E-state index in [9.17, 15) is 9.59 Å². The first-order chi connectivity index (χ1) is 11.1. The SMILES string of the molecule is O=C(O)CC1(NC(=O)c2ccc3ccccc3c2)CCOCC1. The van der Waals surface area contributed by atoms with E-state index in [1.165, 1.54) is 0 Å². The van der Waals surface area contributed by atoms with Gasteiger partial charge in [-0.25, -0.2) is 0 Å². The van der Waals surface area contributed by atoms with Gasteiger partial charge in [0.25, 0.3) is 5.91 Å². The summed E-state index contributed by atoms with van der Waals surface area (Å²) in [6.07, 6.45) is 0.937. The van der Waals surface area contributed by atoms with Crippen LogP contribution in [0.25, 0.3) is 10.8 Å². The Balaban J connectivity index is 1.83. The zero-order valence-corrected chi connectivity index (χ0v) is 12.7. The maximum Gasteiger partial charge on any atom is 0.305 e. The molecule has 1 aliphatic rings. The van der Waals surface area contributed by atoms with Gasteiger partial charge in [-0.2, -0.15) is 0 Å². The van der Waals surface area contributed by atoms with Crippen LogP contribution in [0, 0.1) is 0 Å². The van der Waals surface area contributed by atoms with Crippen LogP contribution in [0.3, 0.4) is 0 Å². The fourth-order valence-electron chi connectivity index (χ4n) is 3.04. The smallest absolute Gasteiger partial charge is 0.305 e. The summed E-state index contributed by atoms with van der Waals surface area (Å²) >= 11 is 0. The van der Waals surface area contributed by atoms with Crippen molar-refractivity contribution < 1.29 is 19.4 Å². The van der Waals surface area contributed by atoms with Gasteiger partial charge in [-0.1, -0.05) is 30.3 Å². The van der Waals surface area contributed by atoms with Gasteiger partial charge in [0.05, 0.1) is 12.0 Å².